The predicted octanol–water partition coefficient (Wildman–Crippen LogP) is 0.185. The molecular formula is C12H17N3O4. The van der Waals surface area contributed by atoms with Crippen LogP contribution in [-0.4, -0.2) is 46.7 Å². The first-order valence-corrected chi connectivity index (χ1v) is 6.09. The van der Waals surface area contributed by atoms with Gasteiger partial charge in [-0.3, -0.25) is 14.4 Å². The fraction of sp³-hybridized carbons (Fsp3) is 0.500. The highest BCUT2D eigenvalue weighted by Crippen LogP contribution is 2.01. The second kappa shape index (κ2) is 7.30. The molecule has 19 heavy (non-hydrogen) atoms. The van der Waals surface area contributed by atoms with Crippen molar-refractivity contribution in [1.29, 1.82) is 0 Å². The number of hydrogen-bond donors (Lipinski definition) is 1. The number of hydrogen-bond acceptors (Lipinski definition) is 5. The van der Waals surface area contributed by atoms with E-state index in [1.807, 2.05) is 6.92 Å². The zero-order valence-corrected chi connectivity index (χ0v) is 11.0. The van der Waals surface area contributed by atoms with Crippen LogP contribution in [-0.2, 0) is 9.53 Å². The molecule has 0 aromatic carbocycles. The minimum absolute atomic E-state index is 0.0948. The highest BCUT2D eigenvalue weighted by molar-refractivity contribution is 5.94. The number of ether oxygens (including phenoxy) is 1. The number of H-pyrrole nitrogens is 1. The van der Waals surface area contributed by atoms with Crippen molar-refractivity contribution in [2.24, 2.45) is 0 Å². The summed E-state index contributed by atoms with van der Waals surface area (Å²) in [6, 6.07) is 2.55. The van der Waals surface area contributed by atoms with Crippen LogP contribution < -0.4 is 5.56 Å². The number of esters is 1. The Morgan fingerprint density at radius 3 is 2.63 bits per heavy atom. The molecule has 1 aromatic rings. The molecule has 0 spiro atoms. The van der Waals surface area contributed by atoms with E-state index in [2.05, 4.69) is 10.2 Å². The Hall–Kier alpha value is -2.18. The van der Waals surface area contributed by atoms with Crippen LogP contribution in [0.25, 0.3) is 0 Å². The fourth-order valence-corrected chi connectivity index (χ4v) is 1.51. The molecule has 104 valence electrons. The summed E-state index contributed by atoms with van der Waals surface area (Å²) >= 11 is 0. The van der Waals surface area contributed by atoms with Gasteiger partial charge in [0.1, 0.15) is 12.2 Å². The summed E-state index contributed by atoms with van der Waals surface area (Å²) in [5.74, 6) is -0.875. The van der Waals surface area contributed by atoms with Crippen molar-refractivity contribution >= 4 is 11.9 Å². The van der Waals surface area contributed by atoms with Crippen LogP contribution in [0.3, 0.4) is 0 Å². The van der Waals surface area contributed by atoms with Gasteiger partial charge in [-0.25, -0.2) is 5.10 Å². The molecule has 0 aliphatic carbocycles. The Kier molecular flexibility index (Phi) is 5.72. The van der Waals surface area contributed by atoms with Crippen molar-refractivity contribution in [1.82, 2.24) is 15.1 Å². The van der Waals surface area contributed by atoms with Crippen molar-refractivity contribution in [3.63, 3.8) is 0 Å². The first-order valence-electron chi connectivity index (χ1n) is 6.09. The normalized spacial score (nSPS) is 10.0. The molecule has 0 bridgehead atoms. The van der Waals surface area contributed by atoms with E-state index in [0.29, 0.717) is 13.0 Å². The number of nitrogens with one attached hydrogen (secondary N) is 1. The SMILES string of the molecule is CCCN(CC(=O)OCC)C(=O)c1ccc(=O)[nH]n1. The molecule has 0 radical (unpaired) electrons. The van der Waals surface area contributed by atoms with Crippen molar-refractivity contribution in [2.45, 2.75) is 20.3 Å². The van der Waals surface area contributed by atoms with E-state index >= 15 is 0 Å². The zero-order valence-electron chi connectivity index (χ0n) is 11.0. The smallest absolute Gasteiger partial charge is 0.325 e. The molecule has 1 heterocycles. The lowest BCUT2D eigenvalue weighted by Crippen LogP contribution is -2.37. The van der Waals surface area contributed by atoms with E-state index in [-0.39, 0.29) is 24.4 Å². The zero-order chi connectivity index (χ0) is 14.3. The maximum Gasteiger partial charge on any atom is 0.325 e. The van der Waals surface area contributed by atoms with E-state index in [4.69, 9.17) is 4.74 Å². The van der Waals surface area contributed by atoms with Gasteiger partial charge < -0.3 is 9.64 Å². The lowest BCUT2D eigenvalue weighted by Gasteiger charge is -2.20. The molecule has 0 aliphatic rings. The summed E-state index contributed by atoms with van der Waals surface area (Å²) in [5, 5.41) is 5.84. The average molecular weight is 267 g/mol. The fourth-order valence-electron chi connectivity index (χ4n) is 1.51. The molecule has 1 amide bonds. The van der Waals surface area contributed by atoms with Crippen LogP contribution in [0.1, 0.15) is 30.8 Å². The van der Waals surface area contributed by atoms with Crippen molar-refractivity contribution < 1.29 is 14.3 Å². The largest absolute Gasteiger partial charge is 0.465 e. The van der Waals surface area contributed by atoms with Gasteiger partial charge >= 0.3 is 5.97 Å². The number of carbonyl (C=O) groups excluding carboxylic acids is 2. The molecule has 0 atom stereocenters. The van der Waals surface area contributed by atoms with Crippen LogP contribution in [0.2, 0.25) is 0 Å². The lowest BCUT2D eigenvalue weighted by molar-refractivity contribution is -0.143. The van der Waals surface area contributed by atoms with Gasteiger partial charge in [0.2, 0.25) is 0 Å². The Morgan fingerprint density at radius 1 is 1.37 bits per heavy atom. The van der Waals surface area contributed by atoms with Crippen LogP contribution in [0, 0.1) is 0 Å². The standard InChI is InChI=1S/C12H17N3O4/c1-3-7-15(8-11(17)19-4-2)12(18)9-5-6-10(16)14-13-9/h5-6H,3-4,7-8H2,1-2H3,(H,14,16). The number of aromatic amines is 1. The molecule has 0 aliphatic heterocycles. The van der Waals surface area contributed by atoms with Gasteiger partial charge in [-0.05, 0) is 19.4 Å². The molecule has 1 rings (SSSR count). The van der Waals surface area contributed by atoms with Gasteiger partial charge in [0, 0.05) is 12.6 Å². The van der Waals surface area contributed by atoms with Crippen molar-refractivity contribution in [3.8, 4) is 0 Å². The summed E-state index contributed by atoms with van der Waals surface area (Å²) < 4.78 is 4.81. The van der Waals surface area contributed by atoms with E-state index in [1.54, 1.807) is 6.92 Å². The van der Waals surface area contributed by atoms with E-state index in [9.17, 15) is 14.4 Å². The molecular weight excluding hydrogens is 250 g/mol. The predicted molar refractivity (Wildman–Crippen MR) is 67.7 cm³/mol. The Labute approximate surface area is 110 Å². The summed E-state index contributed by atoms with van der Waals surface area (Å²) in [6.45, 7) is 4.16. The molecule has 7 nitrogen and oxygen atoms in total. The molecule has 7 heteroatoms. The van der Waals surface area contributed by atoms with Gasteiger partial charge in [-0.15, -0.1) is 0 Å². The third-order valence-corrected chi connectivity index (χ3v) is 2.30. The summed E-state index contributed by atoms with van der Waals surface area (Å²) in [4.78, 5) is 35.8. The Bertz CT molecular complexity index is 477. The molecule has 1 aromatic heterocycles. The van der Waals surface area contributed by atoms with Crippen molar-refractivity contribution in [3.05, 3.63) is 28.2 Å². The first kappa shape index (κ1) is 14.9. The van der Waals surface area contributed by atoms with Gasteiger partial charge in [-0.2, -0.15) is 5.10 Å². The Balaban J connectivity index is 2.80. The maximum atomic E-state index is 12.1. The van der Waals surface area contributed by atoms with Gasteiger partial charge in [0.05, 0.1) is 6.61 Å². The maximum absolute atomic E-state index is 12.1. The number of amides is 1. The highest BCUT2D eigenvalue weighted by Gasteiger charge is 2.19. The third kappa shape index (κ3) is 4.53. The third-order valence-electron chi connectivity index (χ3n) is 2.30. The summed E-state index contributed by atoms with van der Waals surface area (Å²) in [6.07, 6.45) is 0.703. The number of nitrogens with zero attached hydrogens (tertiary/aromatic N) is 2. The second-order valence-corrected chi connectivity index (χ2v) is 3.84. The minimum Gasteiger partial charge on any atom is -0.465 e. The number of rotatable bonds is 6. The van der Waals surface area contributed by atoms with Crippen molar-refractivity contribution in [2.75, 3.05) is 19.7 Å². The van der Waals surface area contributed by atoms with E-state index in [0.717, 1.165) is 0 Å². The van der Waals surface area contributed by atoms with Gasteiger partial charge in [0.25, 0.3) is 11.5 Å². The minimum atomic E-state index is -0.464. The topological polar surface area (TPSA) is 92.4 Å². The van der Waals surface area contributed by atoms with Crippen LogP contribution in [0.5, 0.6) is 0 Å². The second-order valence-electron chi connectivity index (χ2n) is 3.84. The molecule has 0 fully saturated rings. The van der Waals surface area contributed by atoms with E-state index in [1.165, 1.54) is 17.0 Å². The Morgan fingerprint density at radius 2 is 2.11 bits per heavy atom. The number of carbonyl (C=O) groups is 2. The molecule has 0 saturated carbocycles. The average Bonchev–Trinajstić information content (AvgIpc) is 2.38. The first-order chi connectivity index (χ1) is 9.08. The quantitative estimate of drug-likeness (QED) is 0.742. The van der Waals surface area contributed by atoms with Crippen LogP contribution >= 0.6 is 0 Å². The monoisotopic (exact) mass is 267 g/mol. The molecule has 1 N–H and O–H groups in total. The lowest BCUT2D eigenvalue weighted by atomic mass is 10.3. The summed E-state index contributed by atoms with van der Waals surface area (Å²) in [7, 11) is 0. The molecule has 0 saturated heterocycles. The van der Waals surface area contributed by atoms with Crippen LogP contribution in [0.4, 0.5) is 0 Å². The molecule has 0 unspecified atom stereocenters. The highest BCUT2D eigenvalue weighted by atomic mass is 16.5. The van der Waals surface area contributed by atoms with Crippen LogP contribution in [0.15, 0.2) is 16.9 Å². The number of aromatic nitrogens is 2. The van der Waals surface area contributed by atoms with E-state index < -0.39 is 11.9 Å². The van der Waals surface area contributed by atoms with Gasteiger partial charge in [0.15, 0.2) is 0 Å². The summed E-state index contributed by atoms with van der Waals surface area (Å²) in [5.41, 5.74) is -0.290. The van der Waals surface area contributed by atoms with Gasteiger partial charge in [-0.1, -0.05) is 6.92 Å².